The lowest BCUT2D eigenvalue weighted by Crippen LogP contribution is -2.24. The third-order valence-corrected chi connectivity index (χ3v) is 2.74. The minimum absolute atomic E-state index is 0.210. The molecule has 1 N–H and O–H groups in total. The summed E-state index contributed by atoms with van der Waals surface area (Å²) in [5.41, 5.74) is 1.09. The Morgan fingerprint density at radius 1 is 1.35 bits per heavy atom. The summed E-state index contributed by atoms with van der Waals surface area (Å²) >= 11 is 0. The van der Waals surface area contributed by atoms with Gasteiger partial charge in [0.15, 0.2) is 0 Å². The van der Waals surface area contributed by atoms with Crippen molar-refractivity contribution >= 4 is 0 Å². The second-order valence-corrected chi connectivity index (χ2v) is 3.94. The lowest BCUT2D eigenvalue weighted by atomic mass is 10.1. The van der Waals surface area contributed by atoms with Crippen LogP contribution in [0.3, 0.4) is 0 Å². The summed E-state index contributed by atoms with van der Waals surface area (Å²) in [5, 5.41) is 3.43. The van der Waals surface area contributed by atoms with Crippen molar-refractivity contribution in [1.82, 2.24) is 24.8 Å². The molecule has 5 heteroatoms. The highest BCUT2D eigenvalue weighted by atomic mass is 15.0. The van der Waals surface area contributed by atoms with Gasteiger partial charge in [-0.15, -0.1) is 0 Å². The summed E-state index contributed by atoms with van der Waals surface area (Å²) in [6.07, 6.45) is 9.87. The molecule has 1 unspecified atom stereocenters. The Labute approximate surface area is 101 Å². The first kappa shape index (κ1) is 11.7. The fraction of sp³-hybridized carbons (Fsp3) is 0.417. The number of imidazole rings is 1. The summed E-state index contributed by atoms with van der Waals surface area (Å²) in [6, 6.07) is 0.210. The van der Waals surface area contributed by atoms with Crippen LogP contribution in [0.1, 0.15) is 24.4 Å². The average Bonchev–Trinajstić information content (AvgIpc) is 2.76. The quantitative estimate of drug-likeness (QED) is 0.837. The van der Waals surface area contributed by atoms with Gasteiger partial charge < -0.3 is 9.88 Å². The highest BCUT2D eigenvalue weighted by molar-refractivity contribution is 5.12. The molecule has 2 aromatic heterocycles. The summed E-state index contributed by atoms with van der Waals surface area (Å²) < 4.78 is 2.04. The zero-order valence-electron chi connectivity index (χ0n) is 10.2. The molecule has 0 spiro atoms. The van der Waals surface area contributed by atoms with Crippen molar-refractivity contribution < 1.29 is 0 Å². The Kier molecular flexibility index (Phi) is 3.82. The topological polar surface area (TPSA) is 55.6 Å². The molecule has 2 rings (SSSR count). The Morgan fingerprint density at radius 3 is 2.71 bits per heavy atom. The fourth-order valence-electron chi connectivity index (χ4n) is 1.82. The fourth-order valence-corrected chi connectivity index (χ4v) is 1.82. The number of hydrogen-bond acceptors (Lipinski definition) is 4. The minimum atomic E-state index is 0.210. The van der Waals surface area contributed by atoms with E-state index in [9.17, 15) is 0 Å². The third kappa shape index (κ3) is 2.88. The van der Waals surface area contributed by atoms with Gasteiger partial charge in [0.1, 0.15) is 12.2 Å². The Balaban J connectivity index is 2.16. The number of aryl methyl sites for hydroxylation is 1. The zero-order chi connectivity index (χ0) is 12.1. The standard InChI is InChI=1S/C12H17N5/c1-3-15-11(10-7-13-9-14-8-10)6-12-16-4-5-17(12)2/h4-5,7-9,11,15H,3,6H2,1-2H3. The smallest absolute Gasteiger partial charge is 0.115 e. The molecular weight excluding hydrogens is 214 g/mol. The molecule has 0 radical (unpaired) electrons. The van der Waals surface area contributed by atoms with Gasteiger partial charge in [-0.05, 0) is 6.54 Å². The number of aromatic nitrogens is 4. The van der Waals surface area contributed by atoms with E-state index in [-0.39, 0.29) is 6.04 Å². The molecule has 0 fully saturated rings. The molecule has 1 atom stereocenters. The lowest BCUT2D eigenvalue weighted by molar-refractivity contribution is 0.526. The molecule has 2 aromatic rings. The number of hydrogen-bond donors (Lipinski definition) is 1. The molecule has 0 aliphatic rings. The second-order valence-electron chi connectivity index (χ2n) is 3.94. The number of likely N-dealkylation sites (N-methyl/N-ethyl adjacent to an activating group) is 1. The van der Waals surface area contributed by atoms with E-state index in [0.717, 1.165) is 24.4 Å². The van der Waals surface area contributed by atoms with Crippen LogP contribution >= 0.6 is 0 Å². The first-order chi connectivity index (χ1) is 8.31. The van der Waals surface area contributed by atoms with E-state index >= 15 is 0 Å². The molecule has 0 aliphatic heterocycles. The summed E-state index contributed by atoms with van der Waals surface area (Å²) in [7, 11) is 2.01. The van der Waals surface area contributed by atoms with E-state index < -0.39 is 0 Å². The summed E-state index contributed by atoms with van der Waals surface area (Å²) in [6.45, 7) is 3.00. The summed E-state index contributed by atoms with van der Waals surface area (Å²) in [4.78, 5) is 12.5. The predicted octanol–water partition coefficient (Wildman–Crippen LogP) is 1.10. The van der Waals surface area contributed by atoms with Crippen molar-refractivity contribution in [3.8, 4) is 0 Å². The normalized spacial score (nSPS) is 12.6. The van der Waals surface area contributed by atoms with Gasteiger partial charge in [-0.3, -0.25) is 0 Å². The Hall–Kier alpha value is -1.75. The molecule has 5 nitrogen and oxygen atoms in total. The first-order valence-electron chi connectivity index (χ1n) is 5.75. The minimum Gasteiger partial charge on any atom is -0.338 e. The van der Waals surface area contributed by atoms with Gasteiger partial charge >= 0.3 is 0 Å². The molecule has 17 heavy (non-hydrogen) atoms. The van der Waals surface area contributed by atoms with Crippen molar-refractivity contribution in [2.24, 2.45) is 7.05 Å². The molecule has 0 amide bonds. The molecule has 2 heterocycles. The van der Waals surface area contributed by atoms with Crippen LogP contribution in [0.15, 0.2) is 31.1 Å². The third-order valence-electron chi connectivity index (χ3n) is 2.74. The number of nitrogens with zero attached hydrogens (tertiary/aromatic N) is 4. The van der Waals surface area contributed by atoms with E-state index in [1.807, 2.05) is 36.4 Å². The predicted molar refractivity (Wildman–Crippen MR) is 65.4 cm³/mol. The van der Waals surface area contributed by atoms with Gasteiger partial charge in [-0.1, -0.05) is 6.92 Å². The first-order valence-corrected chi connectivity index (χ1v) is 5.75. The summed E-state index contributed by atoms with van der Waals surface area (Å²) in [5.74, 6) is 1.06. The van der Waals surface area contributed by atoms with E-state index in [1.54, 1.807) is 6.33 Å². The van der Waals surface area contributed by atoms with Crippen molar-refractivity contribution in [2.75, 3.05) is 6.54 Å². The maximum absolute atomic E-state index is 4.35. The van der Waals surface area contributed by atoms with Gasteiger partial charge in [0.25, 0.3) is 0 Å². The highest BCUT2D eigenvalue weighted by Gasteiger charge is 2.13. The van der Waals surface area contributed by atoms with Crippen LogP contribution in [0.2, 0.25) is 0 Å². The average molecular weight is 231 g/mol. The molecule has 90 valence electrons. The molecule has 0 saturated carbocycles. The van der Waals surface area contributed by atoms with Crippen LogP contribution in [0, 0.1) is 0 Å². The van der Waals surface area contributed by atoms with E-state index in [0.29, 0.717) is 0 Å². The van der Waals surface area contributed by atoms with Gasteiger partial charge in [0, 0.05) is 49.9 Å². The second kappa shape index (κ2) is 5.54. The molecule has 0 aliphatic carbocycles. The van der Waals surface area contributed by atoms with Crippen LogP contribution in [0.5, 0.6) is 0 Å². The van der Waals surface area contributed by atoms with Gasteiger partial charge in [0.05, 0.1) is 0 Å². The van der Waals surface area contributed by atoms with Crippen LogP contribution in [0.25, 0.3) is 0 Å². The number of rotatable bonds is 5. The zero-order valence-corrected chi connectivity index (χ0v) is 10.2. The maximum Gasteiger partial charge on any atom is 0.115 e. The number of nitrogens with one attached hydrogen (secondary N) is 1. The largest absolute Gasteiger partial charge is 0.338 e. The maximum atomic E-state index is 4.35. The van der Waals surface area contributed by atoms with Crippen molar-refractivity contribution in [2.45, 2.75) is 19.4 Å². The lowest BCUT2D eigenvalue weighted by Gasteiger charge is -2.17. The molecular formula is C12H17N5. The SMILES string of the molecule is CCNC(Cc1nccn1C)c1cncnc1. The monoisotopic (exact) mass is 231 g/mol. The van der Waals surface area contributed by atoms with Crippen LogP contribution in [-0.4, -0.2) is 26.1 Å². The van der Waals surface area contributed by atoms with Crippen molar-refractivity contribution in [3.05, 3.63) is 42.5 Å². The van der Waals surface area contributed by atoms with E-state index in [2.05, 4.69) is 27.2 Å². The van der Waals surface area contributed by atoms with Gasteiger partial charge in [-0.2, -0.15) is 0 Å². The molecule has 0 bridgehead atoms. The highest BCUT2D eigenvalue weighted by Crippen LogP contribution is 2.15. The van der Waals surface area contributed by atoms with Crippen LogP contribution < -0.4 is 5.32 Å². The Bertz CT molecular complexity index is 451. The Morgan fingerprint density at radius 2 is 2.12 bits per heavy atom. The van der Waals surface area contributed by atoms with Gasteiger partial charge in [-0.25, -0.2) is 15.0 Å². The van der Waals surface area contributed by atoms with Crippen molar-refractivity contribution in [1.29, 1.82) is 0 Å². The van der Waals surface area contributed by atoms with E-state index in [4.69, 9.17) is 0 Å². The van der Waals surface area contributed by atoms with Gasteiger partial charge in [0.2, 0.25) is 0 Å². The molecule has 0 aromatic carbocycles. The van der Waals surface area contributed by atoms with E-state index in [1.165, 1.54) is 0 Å². The van der Waals surface area contributed by atoms with Crippen LogP contribution in [-0.2, 0) is 13.5 Å². The van der Waals surface area contributed by atoms with Crippen LogP contribution in [0.4, 0.5) is 0 Å². The van der Waals surface area contributed by atoms with Crippen molar-refractivity contribution in [3.63, 3.8) is 0 Å². The molecule has 0 saturated heterocycles.